The molecule has 0 saturated heterocycles. The number of carbonyl (C=O) groups excluding carboxylic acids is 1. The molecule has 2 aromatic carbocycles. The minimum Gasteiger partial charge on any atom is -0.287 e. The first-order chi connectivity index (χ1) is 14.0. The number of nitriles is 2. The topological polar surface area (TPSA) is 120 Å². The van der Waals surface area contributed by atoms with Gasteiger partial charge >= 0.3 is 5.69 Å². The second-order valence-corrected chi connectivity index (χ2v) is 6.36. The van der Waals surface area contributed by atoms with E-state index >= 15 is 0 Å². The molecule has 0 bridgehead atoms. The molecule has 3 rings (SSSR count). The van der Waals surface area contributed by atoms with Crippen LogP contribution in [0, 0.1) is 22.7 Å². The van der Waals surface area contributed by atoms with Gasteiger partial charge < -0.3 is 0 Å². The molecule has 0 amide bonds. The Hall–Kier alpha value is -4.23. The number of nitrogens with zero attached hydrogens (tertiary/aromatic N) is 3. The van der Waals surface area contributed by atoms with E-state index in [1.807, 2.05) is 12.1 Å². The Kier molecular flexibility index (Phi) is 5.52. The molecule has 0 unspecified atom stereocenters. The van der Waals surface area contributed by atoms with Crippen molar-refractivity contribution in [1.82, 2.24) is 9.55 Å². The van der Waals surface area contributed by atoms with Gasteiger partial charge in [0.2, 0.25) is 5.78 Å². The number of aromatic amines is 1. The Balaban J connectivity index is 2.22. The molecule has 3 aromatic rings. The molecule has 142 valence electrons. The van der Waals surface area contributed by atoms with Gasteiger partial charge in [-0.3, -0.25) is 19.1 Å². The van der Waals surface area contributed by atoms with Crippen molar-refractivity contribution in [2.75, 3.05) is 0 Å². The van der Waals surface area contributed by atoms with Crippen molar-refractivity contribution in [2.24, 2.45) is 0 Å². The van der Waals surface area contributed by atoms with Crippen molar-refractivity contribution in [3.63, 3.8) is 0 Å². The smallest absolute Gasteiger partial charge is 0.287 e. The molecule has 1 N–H and O–H groups in total. The molecule has 0 spiro atoms. The Bertz CT molecular complexity index is 1300. The lowest BCUT2D eigenvalue weighted by Crippen LogP contribution is -2.37. The number of benzene rings is 2. The van der Waals surface area contributed by atoms with Gasteiger partial charge in [-0.15, -0.1) is 0 Å². The van der Waals surface area contributed by atoms with Crippen LogP contribution in [0.4, 0.5) is 0 Å². The maximum atomic E-state index is 13.3. The SMILES string of the molecule is CCc1c(C(=O)c2cccc(C#N)c2)n(Cc2cccc(C#N)c2)c(=O)[nH]c1=O. The second kappa shape index (κ2) is 8.20. The van der Waals surface area contributed by atoms with Gasteiger partial charge in [-0.25, -0.2) is 4.79 Å². The summed E-state index contributed by atoms with van der Waals surface area (Å²) in [7, 11) is 0. The van der Waals surface area contributed by atoms with Crippen LogP contribution in [-0.2, 0) is 13.0 Å². The van der Waals surface area contributed by atoms with Crippen LogP contribution in [0.3, 0.4) is 0 Å². The van der Waals surface area contributed by atoms with Gasteiger partial charge in [-0.1, -0.05) is 31.2 Å². The van der Waals surface area contributed by atoms with Gasteiger partial charge in [-0.2, -0.15) is 10.5 Å². The minimum atomic E-state index is -0.714. The highest BCUT2D eigenvalue weighted by Crippen LogP contribution is 2.15. The third-order valence-corrected chi connectivity index (χ3v) is 4.51. The van der Waals surface area contributed by atoms with Crippen LogP contribution < -0.4 is 11.2 Å². The van der Waals surface area contributed by atoms with Crippen LogP contribution >= 0.6 is 0 Å². The first-order valence-corrected chi connectivity index (χ1v) is 8.88. The number of aromatic nitrogens is 2. The number of carbonyl (C=O) groups is 1. The van der Waals surface area contributed by atoms with Crippen molar-refractivity contribution >= 4 is 5.78 Å². The molecule has 0 aliphatic carbocycles. The molecule has 0 radical (unpaired) electrons. The van der Waals surface area contributed by atoms with Crippen LogP contribution in [0.2, 0.25) is 0 Å². The average molecular weight is 384 g/mol. The first kappa shape index (κ1) is 19.5. The second-order valence-electron chi connectivity index (χ2n) is 6.36. The van der Waals surface area contributed by atoms with E-state index in [1.54, 1.807) is 43.3 Å². The van der Waals surface area contributed by atoms with E-state index in [4.69, 9.17) is 10.5 Å². The summed E-state index contributed by atoms with van der Waals surface area (Å²) in [6.45, 7) is 1.73. The van der Waals surface area contributed by atoms with Crippen molar-refractivity contribution < 1.29 is 4.79 Å². The average Bonchev–Trinajstić information content (AvgIpc) is 2.75. The summed E-state index contributed by atoms with van der Waals surface area (Å²) in [5, 5.41) is 18.2. The van der Waals surface area contributed by atoms with Gasteiger partial charge in [-0.05, 0) is 36.2 Å². The number of H-pyrrole nitrogens is 1. The largest absolute Gasteiger partial charge is 0.329 e. The van der Waals surface area contributed by atoms with Gasteiger partial charge in [0.15, 0.2) is 0 Å². The summed E-state index contributed by atoms with van der Waals surface area (Å²) in [4.78, 5) is 40.4. The third-order valence-electron chi connectivity index (χ3n) is 4.51. The van der Waals surface area contributed by atoms with Gasteiger partial charge in [0.05, 0.1) is 29.8 Å². The fraction of sp³-hybridized carbons (Fsp3) is 0.136. The fourth-order valence-corrected chi connectivity index (χ4v) is 3.14. The summed E-state index contributed by atoms with van der Waals surface area (Å²) in [5.41, 5.74) is 0.420. The van der Waals surface area contributed by atoms with Crippen molar-refractivity contribution in [2.45, 2.75) is 19.9 Å². The lowest BCUT2D eigenvalue weighted by Gasteiger charge is -2.15. The standard InChI is InChI=1S/C22H16N4O3/c1-2-18-19(20(27)17-8-4-6-15(10-17)12-24)26(22(29)25-21(18)28)13-16-7-3-5-14(9-16)11-23/h3-10H,2,13H2,1H3,(H,25,28,29). The lowest BCUT2D eigenvalue weighted by atomic mass is 10.0. The molecule has 7 heteroatoms. The quantitative estimate of drug-likeness (QED) is 0.676. The highest BCUT2D eigenvalue weighted by molar-refractivity contribution is 6.08. The van der Waals surface area contributed by atoms with E-state index in [0.717, 1.165) is 0 Å². The Labute approximate surface area is 166 Å². The van der Waals surface area contributed by atoms with Crippen molar-refractivity contribution in [3.05, 3.63) is 103 Å². The van der Waals surface area contributed by atoms with E-state index in [2.05, 4.69) is 4.98 Å². The molecule has 0 aliphatic heterocycles. The third kappa shape index (κ3) is 3.90. The van der Waals surface area contributed by atoms with E-state index in [9.17, 15) is 14.4 Å². The Morgan fingerprint density at radius 1 is 1.03 bits per heavy atom. The number of ketones is 1. The predicted molar refractivity (Wildman–Crippen MR) is 106 cm³/mol. The number of rotatable bonds is 5. The zero-order chi connectivity index (χ0) is 21.0. The highest BCUT2D eigenvalue weighted by Gasteiger charge is 2.22. The summed E-state index contributed by atoms with van der Waals surface area (Å²) in [6.07, 6.45) is 0.243. The number of hydrogen-bond donors (Lipinski definition) is 1. The van der Waals surface area contributed by atoms with E-state index < -0.39 is 17.0 Å². The molecule has 1 aromatic heterocycles. The van der Waals surface area contributed by atoms with Crippen LogP contribution in [0.15, 0.2) is 58.1 Å². The minimum absolute atomic E-state index is 0.0111. The van der Waals surface area contributed by atoms with E-state index in [1.165, 1.54) is 16.7 Å². The Morgan fingerprint density at radius 3 is 2.34 bits per heavy atom. The van der Waals surface area contributed by atoms with Crippen LogP contribution in [0.5, 0.6) is 0 Å². The summed E-state index contributed by atoms with van der Waals surface area (Å²) < 4.78 is 1.21. The monoisotopic (exact) mass is 384 g/mol. The van der Waals surface area contributed by atoms with E-state index in [-0.39, 0.29) is 29.8 Å². The normalized spacial score (nSPS) is 10.2. The molecule has 0 atom stereocenters. The predicted octanol–water partition coefficient (Wildman–Crippen LogP) is 2.12. The molecule has 0 aliphatic rings. The molecule has 29 heavy (non-hydrogen) atoms. The van der Waals surface area contributed by atoms with Gasteiger partial charge in [0.25, 0.3) is 5.56 Å². The van der Waals surface area contributed by atoms with Crippen LogP contribution in [0.25, 0.3) is 0 Å². The maximum Gasteiger partial charge on any atom is 0.329 e. The van der Waals surface area contributed by atoms with Crippen LogP contribution in [0.1, 0.15) is 45.2 Å². The zero-order valence-corrected chi connectivity index (χ0v) is 15.6. The van der Waals surface area contributed by atoms with Crippen molar-refractivity contribution in [3.8, 4) is 12.1 Å². The van der Waals surface area contributed by atoms with Gasteiger partial charge in [0, 0.05) is 11.1 Å². The highest BCUT2D eigenvalue weighted by atomic mass is 16.2. The molecule has 1 heterocycles. The lowest BCUT2D eigenvalue weighted by molar-refractivity contribution is 0.102. The Morgan fingerprint density at radius 2 is 1.69 bits per heavy atom. The summed E-state index contributed by atoms with van der Waals surface area (Å²) in [5.74, 6) is -0.515. The molecule has 0 saturated carbocycles. The molecular formula is C22H16N4O3. The molecule has 7 nitrogen and oxygen atoms in total. The number of hydrogen-bond acceptors (Lipinski definition) is 5. The van der Waals surface area contributed by atoms with Gasteiger partial charge in [0.1, 0.15) is 5.69 Å². The van der Waals surface area contributed by atoms with Crippen LogP contribution in [-0.4, -0.2) is 15.3 Å². The summed E-state index contributed by atoms with van der Waals surface area (Å²) >= 11 is 0. The molecular weight excluding hydrogens is 368 g/mol. The summed E-state index contributed by atoms with van der Waals surface area (Å²) in [6, 6.07) is 16.8. The molecule has 0 fully saturated rings. The van der Waals surface area contributed by atoms with E-state index in [0.29, 0.717) is 16.7 Å². The maximum absolute atomic E-state index is 13.3. The van der Waals surface area contributed by atoms with Crippen molar-refractivity contribution in [1.29, 1.82) is 10.5 Å². The first-order valence-electron chi connectivity index (χ1n) is 8.88. The number of nitrogens with one attached hydrogen (secondary N) is 1. The zero-order valence-electron chi connectivity index (χ0n) is 15.6. The fourth-order valence-electron chi connectivity index (χ4n) is 3.14.